The van der Waals surface area contributed by atoms with Crippen LogP contribution in [0.5, 0.6) is 0 Å². The number of aryl methyl sites for hydroxylation is 2. The molecule has 0 aliphatic rings. The Balaban J connectivity index is 2.43. The molecular formula is C12H13BrClN3O. The van der Waals surface area contributed by atoms with Crippen LogP contribution in [0.1, 0.15) is 18.3 Å². The largest absolute Gasteiger partial charge is 0.309 e. The lowest BCUT2D eigenvalue weighted by molar-refractivity contribution is 0.648. The Hall–Kier alpha value is -1.07. The highest BCUT2D eigenvalue weighted by atomic mass is 79.9. The summed E-state index contributed by atoms with van der Waals surface area (Å²) in [6.45, 7) is 2.42. The van der Waals surface area contributed by atoms with Crippen molar-refractivity contribution in [3.05, 3.63) is 49.6 Å². The summed E-state index contributed by atoms with van der Waals surface area (Å²) in [5, 5.41) is 4.98. The maximum absolute atomic E-state index is 11.9. The minimum absolute atomic E-state index is 0.0761. The number of hydrogen-bond acceptors (Lipinski definition) is 2. The summed E-state index contributed by atoms with van der Waals surface area (Å²) in [5.74, 6) is 0. The molecule has 0 aliphatic carbocycles. The Morgan fingerprint density at radius 3 is 2.83 bits per heavy atom. The number of hydrogen-bond donors (Lipinski definition) is 0. The predicted octanol–water partition coefficient (Wildman–Crippen LogP) is 2.61. The Labute approximate surface area is 118 Å². The van der Waals surface area contributed by atoms with Gasteiger partial charge in [-0.05, 0) is 34.5 Å². The number of rotatable bonds is 3. The highest BCUT2D eigenvalue weighted by Gasteiger charge is 2.14. The van der Waals surface area contributed by atoms with E-state index in [1.54, 1.807) is 21.5 Å². The molecule has 6 heteroatoms. The van der Waals surface area contributed by atoms with Crippen molar-refractivity contribution < 1.29 is 0 Å². The van der Waals surface area contributed by atoms with E-state index in [0.29, 0.717) is 16.0 Å². The van der Waals surface area contributed by atoms with Gasteiger partial charge in [-0.2, -0.15) is 5.10 Å². The van der Waals surface area contributed by atoms with E-state index in [1.807, 2.05) is 20.0 Å². The van der Waals surface area contributed by atoms with Gasteiger partial charge >= 0.3 is 0 Å². The van der Waals surface area contributed by atoms with Crippen molar-refractivity contribution >= 4 is 27.5 Å². The minimum atomic E-state index is -0.0761. The number of aromatic nitrogens is 3. The van der Waals surface area contributed by atoms with Gasteiger partial charge < -0.3 is 4.57 Å². The Bertz CT molecular complexity index is 633. The SMILES string of the molecule is CCc1nn(C)c(Cn2cccc(Br)c2=O)c1Cl. The molecule has 0 bridgehead atoms. The molecule has 18 heavy (non-hydrogen) atoms. The van der Waals surface area contributed by atoms with Crippen molar-refractivity contribution in [2.75, 3.05) is 0 Å². The van der Waals surface area contributed by atoms with E-state index in [4.69, 9.17) is 11.6 Å². The molecule has 4 nitrogen and oxygen atoms in total. The maximum atomic E-state index is 11.9. The van der Waals surface area contributed by atoms with E-state index in [-0.39, 0.29) is 5.56 Å². The smallest absolute Gasteiger partial charge is 0.265 e. The lowest BCUT2D eigenvalue weighted by Crippen LogP contribution is -2.21. The van der Waals surface area contributed by atoms with E-state index in [1.165, 1.54) is 0 Å². The van der Waals surface area contributed by atoms with E-state index < -0.39 is 0 Å². The van der Waals surface area contributed by atoms with Crippen molar-refractivity contribution in [3.8, 4) is 0 Å². The average Bonchev–Trinajstić information content (AvgIpc) is 2.62. The fourth-order valence-electron chi connectivity index (χ4n) is 1.79. The second-order valence-corrected chi connectivity index (χ2v) is 5.21. The molecule has 0 N–H and O–H groups in total. The van der Waals surface area contributed by atoms with Crippen LogP contribution in [0, 0.1) is 0 Å². The van der Waals surface area contributed by atoms with Crippen molar-refractivity contribution in [1.82, 2.24) is 14.3 Å². The molecule has 2 rings (SSSR count). The van der Waals surface area contributed by atoms with Crippen LogP contribution < -0.4 is 5.56 Å². The molecule has 2 aromatic heterocycles. The third-order valence-corrected chi connectivity index (χ3v) is 3.84. The zero-order valence-corrected chi connectivity index (χ0v) is 12.5. The fourth-order valence-corrected chi connectivity index (χ4v) is 2.52. The molecule has 0 amide bonds. The molecule has 2 aromatic rings. The lowest BCUT2D eigenvalue weighted by atomic mass is 10.3. The van der Waals surface area contributed by atoms with Gasteiger partial charge in [0.1, 0.15) is 0 Å². The van der Waals surface area contributed by atoms with E-state index in [9.17, 15) is 4.79 Å². The molecule has 0 atom stereocenters. The molecule has 0 saturated carbocycles. The van der Waals surface area contributed by atoms with E-state index in [0.717, 1.165) is 17.8 Å². The third kappa shape index (κ3) is 2.37. The standard InChI is InChI=1S/C12H13BrClN3O/c1-3-9-11(14)10(16(2)15-9)7-17-6-4-5-8(13)12(17)18/h4-6H,3,7H2,1-2H3. The summed E-state index contributed by atoms with van der Waals surface area (Å²) >= 11 is 9.49. The van der Waals surface area contributed by atoms with Gasteiger partial charge in [0, 0.05) is 13.2 Å². The van der Waals surface area contributed by atoms with E-state index in [2.05, 4.69) is 21.0 Å². The van der Waals surface area contributed by atoms with Crippen LogP contribution in [0.2, 0.25) is 5.02 Å². The number of halogens is 2. The fraction of sp³-hybridized carbons (Fsp3) is 0.333. The van der Waals surface area contributed by atoms with Gasteiger partial charge in [-0.15, -0.1) is 0 Å². The van der Waals surface area contributed by atoms with Gasteiger partial charge in [-0.25, -0.2) is 0 Å². The van der Waals surface area contributed by atoms with Gasteiger partial charge in [-0.3, -0.25) is 9.48 Å². The predicted molar refractivity (Wildman–Crippen MR) is 75.1 cm³/mol. The molecular weight excluding hydrogens is 318 g/mol. The molecule has 0 fully saturated rings. The second-order valence-electron chi connectivity index (χ2n) is 3.97. The normalized spacial score (nSPS) is 10.9. The van der Waals surface area contributed by atoms with Gasteiger partial charge in [-0.1, -0.05) is 18.5 Å². The Morgan fingerprint density at radius 2 is 2.22 bits per heavy atom. The monoisotopic (exact) mass is 329 g/mol. The Kier molecular flexibility index (Phi) is 3.92. The first-order valence-electron chi connectivity index (χ1n) is 5.59. The number of pyridine rings is 1. The van der Waals surface area contributed by atoms with Crippen LogP contribution in [-0.2, 0) is 20.0 Å². The van der Waals surface area contributed by atoms with Crippen LogP contribution in [-0.4, -0.2) is 14.3 Å². The summed E-state index contributed by atoms with van der Waals surface area (Å²) in [5.41, 5.74) is 1.62. The molecule has 0 unspecified atom stereocenters. The van der Waals surface area contributed by atoms with Gasteiger partial charge in [0.05, 0.1) is 27.4 Å². The summed E-state index contributed by atoms with van der Waals surface area (Å²) in [6, 6.07) is 3.54. The highest BCUT2D eigenvalue weighted by Crippen LogP contribution is 2.21. The quantitative estimate of drug-likeness (QED) is 0.868. The molecule has 0 spiro atoms. The van der Waals surface area contributed by atoms with E-state index >= 15 is 0 Å². The molecule has 0 saturated heterocycles. The van der Waals surface area contributed by atoms with Crippen molar-refractivity contribution in [1.29, 1.82) is 0 Å². The maximum Gasteiger partial charge on any atom is 0.265 e. The minimum Gasteiger partial charge on any atom is -0.309 e. The zero-order valence-electron chi connectivity index (χ0n) is 10.2. The zero-order chi connectivity index (χ0) is 13.3. The van der Waals surface area contributed by atoms with Crippen LogP contribution in [0.4, 0.5) is 0 Å². The third-order valence-electron chi connectivity index (χ3n) is 2.80. The summed E-state index contributed by atoms with van der Waals surface area (Å²) in [7, 11) is 1.84. The van der Waals surface area contributed by atoms with Crippen molar-refractivity contribution in [2.45, 2.75) is 19.9 Å². The van der Waals surface area contributed by atoms with Crippen LogP contribution in [0.25, 0.3) is 0 Å². The average molecular weight is 331 g/mol. The first kappa shape index (κ1) is 13.4. The van der Waals surface area contributed by atoms with Crippen LogP contribution in [0.3, 0.4) is 0 Å². The summed E-state index contributed by atoms with van der Waals surface area (Å²) < 4.78 is 3.88. The first-order valence-corrected chi connectivity index (χ1v) is 6.77. The molecule has 0 radical (unpaired) electrons. The Morgan fingerprint density at radius 1 is 1.50 bits per heavy atom. The van der Waals surface area contributed by atoms with Crippen LogP contribution >= 0.6 is 27.5 Å². The molecule has 96 valence electrons. The van der Waals surface area contributed by atoms with Gasteiger partial charge in [0.25, 0.3) is 5.56 Å². The first-order chi connectivity index (χ1) is 8.54. The van der Waals surface area contributed by atoms with Gasteiger partial charge in [0.15, 0.2) is 0 Å². The topological polar surface area (TPSA) is 39.8 Å². The van der Waals surface area contributed by atoms with Crippen LogP contribution in [0.15, 0.2) is 27.6 Å². The summed E-state index contributed by atoms with van der Waals surface area (Å²) in [4.78, 5) is 11.9. The summed E-state index contributed by atoms with van der Waals surface area (Å²) in [6.07, 6.45) is 2.52. The number of nitrogens with zero attached hydrogens (tertiary/aromatic N) is 3. The lowest BCUT2D eigenvalue weighted by Gasteiger charge is -2.06. The molecule has 0 aliphatic heterocycles. The van der Waals surface area contributed by atoms with Crippen molar-refractivity contribution in [3.63, 3.8) is 0 Å². The molecule has 2 heterocycles. The second kappa shape index (κ2) is 5.28. The highest BCUT2D eigenvalue weighted by molar-refractivity contribution is 9.10. The van der Waals surface area contributed by atoms with Gasteiger partial charge in [0.2, 0.25) is 0 Å². The molecule has 0 aromatic carbocycles. The van der Waals surface area contributed by atoms with Crippen molar-refractivity contribution in [2.24, 2.45) is 7.05 Å².